The monoisotopic (exact) mass is 256 g/mol. The third-order valence-electron chi connectivity index (χ3n) is 2.06. The van der Waals surface area contributed by atoms with Crippen LogP contribution >= 0.6 is 0 Å². The van der Waals surface area contributed by atoms with Crippen molar-refractivity contribution in [1.82, 2.24) is 0 Å². The van der Waals surface area contributed by atoms with E-state index in [1.807, 2.05) is 30.3 Å². The topological polar surface area (TPSA) is 63.6 Å². The molecular formula is C12H16O4S. The third kappa shape index (κ3) is 6.73. The Labute approximate surface area is 103 Å². The van der Waals surface area contributed by atoms with Crippen LogP contribution in [-0.2, 0) is 15.6 Å². The molecule has 94 valence electrons. The first-order valence-electron chi connectivity index (χ1n) is 5.43. The van der Waals surface area contributed by atoms with Crippen LogP contribution in [0.4, 0.5) is 0 Å². The van der Waals surface area contributed by atoms with E-state index in [0.717, 1.165) is 12.2 Å². The quantitative estimate of drug-likeness (QED) is 0.719. The molecule has 0 spiro atoms. The number of rotatable bonds is 8. The summed E-state index contributed by atoms with van der Waals surface area (Å²) in [6.07, 6.45) is 1.49. The SMILES string of the molecule is O=C(O)CS(=O)CCCCOc1ccccc1. The van der Waals surface area contributed by atoms with Crippen molar-refractivity contribution >= 4 is 16.8 Å². The van der Waals surface area contributed by atoms with E-state index in [-0.39, 0.29) is 5.75 Å². The third-order valence-corrected chi connectivity index (χ3v) is 3.38. The average molecular weight is 256 g/mol. The maximum Gasteiger partial charge on any atom is 0.316 e. The number of unbranched alkanes of at least 4 members (excludes halogenated alkanes) is 1. The second-order valence-electron chi connectivity index (χ2n) is 3.55. The van der Waals surface area contributed by atoms with Crippen LogP contribution in [0.2, 0.25) is 0 Å². The minimum Gasteiger partial charge on any atom is -0.494 e. The van der Waals surface area contributed by atoms with Crippen LogP contribution in [0.25, 0.3) is 0 Å². The molecule has 0 aliphatic carbocycles. The van der Waals surface area contributed by atoms with Crippen molar-refractivity contribution in [3.63, 3.8) is 0 Å². The lowest BCUT2D eigenvalue weighted by Crippen LogP contribution is -2.12. The minimum absolute atomic E-state index is 0.264. The molecule has 4 nitrogen and oxygen atoms in total. The molecule has 1 unspecified atom stereocenters. The van der Waals surface area contributed by atoms with Crippen molar-refractivity contribution in [3.8, 4) is 5.75 Å². The first kappa shape index (κ1) is 13.7. The molecule has 0 saturated heterocycles. The van der Waals surface area contributed by atoms with Gasteiger partial charge in [-0.05, 0) is 25.0 Å². The molecule has 0 amide bonds. The van der Waals surface area contributed by atoms with E-state index in [1.165, 1.54) is 0 Å². The molecule has 0 aliphatic rings. The number of para-hydroxylation sites is 1. The van der Waals surface area contributed by atoms with E-state index in [1.54, 1.807) is 0 Å². The Bertz CT molecular complexity index is 364. The summed E-state index contributed by atoms with van der Waals surface area (Å²) in [5.74, 6) is -0.0349. The highest BCUT2D eigenvalue weighted by Crippen LogP contribution is 2.08. The van der Waals surface area contributed by atoms with Gasteiger partial charge in [-0.1, -0.05) is 18.2 Å². The van der Waals surface area contributed by atoms with Crippen molar-refractivity contribution in [2.75, 3.05) is 18.1 Å². The Kier molecular flexibility index (Phi) is 6.32. The zero-order chi connectivity index (χ0) is 12.5. The van der Waals surface area contributed by atoms with E-state index < -0.39 is 16.8 Å². The second-order valence-corrected chi connectivity index (χ2v) is 5.13. The summed E-state index contributed by atoms with van der Waals surface area (Å²) >= 11 is 0. The Morgan fingerprint density at radius 1 is 1.24 bits per heavy atom. The summed E-state index contributed by atoms with van der Waals surface area (Å²) in [7, 11) is -1.25. The van der Waals surface area contributed by atoms with Gasteiger partial charge in [0.2, 0.25) is 0 Å². The van der Waals surface area contributed by atoms with E-state index in [2.05, 4.69) is 0 Å². The first-order chi connectivity index (χ1) is 8.18. The summed E-state index contributed by atoms with van der Waals surface area (Å²) in [5.41, 5.74) is 0. The number of carboxylic acid groups (broad SMARTS) is 1. The smallest absolute Gasteiger partial charge is 0.316 e. The fourth-order valence-electron chi connectivity index (χ4n) is 1.28. The first-order valence-corrected chi connectivity index (χ1v) is 6.92. The van der Waals surface area contributed by atoms with Gasteiger partial charge in [-0.15, -0.1) is 0 Å². The standard InChI is InChI=1S/C12H16O4S/c13-12(14)10-17(15)9-5-4-8-16-11-6-2-1-3-7-11/h1-3,6-7H,4-5,8-10H2,(H,13,14). The molecule has 0 bridgehead atoms. The Morgan fingerprint density at radius 2 is 1.94 bits per heavy atom. The number of carboxylic acids is 1. The van der Waals surface area contributed by atoms with Crippen LogP contribution in [0, 0.1) is 0 Å². The highest BCUT2D eigenvalue weighted by Gasteiger charge is 2.05. The van der Waals surface area contributed by atoms with E-state index in [4.69, 9.17) is 9.84 Å². The van der Waals surface area contributed by atoms with E-state index in [0.29, 0.717) is 18.8 Å². The minimum atomic E-state index is -1.25. The molecule has 17 heavy (non-hydrogen) atoms. The lowest BCUT2D eigenvalue weighted by atomic mass is 10.3. The largest absolute Gasteiger partial charge is 0.494 e. The zero-order valence-corrected chi connectivity index (χ0v) is 10.3. The average Bonchev–Trinajstić information content (AvgIpc) is 2.29. The maximum absolute atomic E-state index is 11.2. The summed E-state index contributed by atoms with van der Waals surface area (Å²) in [5, 5.41) is 8.42. The molecule has 1 N–H and O–H groups in total. The molecule has 0 aromatic heterocycles. The zero-order valence-electron chi connectivity index (χ0n) is 9.50. The predicted octanol–water partition coefficient (Wildman–Crippen LogP) is 1.68. The lowest BCUT2D eigenvalue weighted by Gasteiger charge is -2.05. The van der Waals surface area contributed by atoms with Crippen LogP contribution in [0.1, 0.15) is 12.8 Å². The van der Waals surface area contributed by atoms with Crippen molar-refractivity contribution in [3.05, 3.63) is 30.3 Å². The molecule has 1 aromatic rings. The van der Waals surface area contributed by atoms with E-state index in [9.17, 15) is 9.00 Å². The Hall–Kier alpha value is -1.36. The fourth-order valence-corrected chi connectivity index (χ4v) is 2.23. The lowest BCUT2D eigenvalue weighted by molar-refractivity contribution is -0.133. The van der Waals surface area contributed by atoms with Gasteiger partial charge in [-0.2, -0.15) is 0 Å². The van der Waals surface area contributed by atoms with E-state index >= 15 is 0 Å². The van der Waals surface area contributed by atoms with Gasteiger partial charge >= 0.3 is 5.97 Å². The molecule has 0 fully saturated rings. The molecule has 0 saturated carbocycles. The molecule has 5 heteroatoms. The molecule has 0 radical (unpaired) electrons. The van der Waals surface area contributed by atoms with Crippen molar-refractivity contribution in [2.45, 2.75) is 12.8 Å². The Morgan fingerprint density at radius 3 is 2.59 bits per heavy atom. The van der Waals surface area contributed by atoms with Gasteiger partial charge in [0.1, 0.15) is 11.5 Å². The number of carbonyl (C=O) groups is 1. The van der Waals surface area contributed by atoms with Crippen LogP contribution in [-0.4, -0.2) is 33.4 Å². The van der Waals surface area contributed by atoms with Gasteiger partial charge in [-0.3, -0.25) is 9.00 Å². The number of hydrogen-bond donors (Lipinski definition) is 1. The van der Waals surface area contributed by atoms with Crippen LogP contribution in [0.5, 0.6) is 5.75 Å². The van der Waals surface area contributed by atoms with Crippen LogP contribution in [0.15, 0.2) is 30.3 Å². The van der Waals surface area contributed by atoms with Gasteiger partial charge in [0.05, 0.1) is 6.61 Å². The number of ether oxygens (including phenoxy) is 1. The predicted molar refractivity (Wildman–Crippen MR) is 66.7 cm³/mol. The number of aliphatic carboxylic acids is 1. The second kappa shape index (κ2) is 7.84. The van der Waals surface area contributed by atoms with Crippen molar-refractivity contribution in [1.29, 1.82) is 0 Å². The fraction of sp³-hybridized carbons (Fsp3) is 0.417. The molecule has 1 rings (SSSR count). The van der Waals surface area contributed by atoms with Crippen LogP contribution < -0.4 is 4.74 Å². The molecule has 0 heterocycles. The van der Waals surface area contributed by atoms with Gasteiger partial charge in [0.25, 0.3) is 0 Å². The summed E-state index contributed by atoms with van der Waals surface area (Å²) < 4.78 is 16.6. The van der Waals surface area contributed by atoms with Crippen molar-refractivity contribution < 1.29 is 18.8 Å². The maximum atomic E-state index is 11.2. The van der Waals surface area contributed by atoms with Gasteiger partial charge < -0.3 is 9.84 Å². The van der Waals surface area contributed by atoms with Crippen molar-refractivity contribution in [2.24, 2.45) is 0 Å². The van der Waals surface area contributed by atoms with Gasteiger partial charge in [0, 0.05) is 16.6 Å². The normalized spacial score (nSPS) is 12.0. The summed E-state index contributed by atoms with van der Waals surface area (Å²) in [4.78, 5) is 10.3. The number of hydrogen-bond acceptors (Lipinski definition) is 3. The summed E-state index contributed by atoms with van der Waals surface area (Å²) in [6, 6.07) is 9.47. The molecule has 1 atom stereocenters. The van der Waals surface area contributed by atoms with Crippen LogP contribution in [0.3, 0.4) is 0 Å². The van der Waals surface area contributed by atoms with Gasteiger partial charge in [0.15, 0.2) is 0 Å². The highest BCUT2D eigenvalue weighted by atomic mass is 32.2. The molecule has 1 aromatic carbocycles. The molecule has 0 aliphatic heterocycles. The summed E-state index contributed by atoms with van der Waals surface area (Å²) in [6.45, 7) is 0.564. The van der Waals surface area contributed by atoms with Gasteiger partial charge in [-0.25, -0.2) is 0 Å². The highest BCUT2D eigenvalue weighted by molar-refractivity contribution is 7.85. The Balaban J connectivity index is 2.05. The molecular weight excluding hydrogens is 240 g/mol. The number of benzene rings is 1.